The number of hydrogen-bond acceptors (Lipinski definition) is 5. The van der Waals surface area contributed by atoms with Crippen molar-refractivity contribution in [1.29, 1.82) is 5.26 Å². The Kier molecular flexibility index (Phi) is 3.67. The SMILES string of the molecule is CC(Cc1ccco1)Nc1nc(Cl)c(C#N)s1. The van der Waals surface area contributed by atoms with Crippen LogP contribution in [0.4, 0.5) is 5.13 Å². The fraction of sp³-hybridized carbons (Fsp3) is 0.273. The van der Waals surface area contributed by atoms with E-state index < -0.39 is 0 Å². The molecule has 0 spiro atoms. The maximum absolute atomic E-state index is 8.77. The van der Waals surface area contributed by atoms with Gasteiger partial charge in [0.15, 0.2) is 10.3 Å². The van der Waals surface area contributed by atoms with Gasteiger partial charge in [0.2, 0.25) is 0 Å². The second-order valence-corrected chi connectivity index (χ2v) is 4.94. The van der Waals surface area contributed by atoms with Gasteiger partial charge < -0.3 is 9.73 Å². The van der Waals surface area contributed by atoms with Crippen LogP contribution in [-0.4, -0.2) is 11.0 Å². The summed E-state index contributed by atoms with van der Waals surface area (Å²) in [7, 11) is 0. The summed E-state index contributed by atoms with van der Waals surface area (Å²) in [5.41, 5.74) is 0. The molecule has 0 aliphatic rings. The van der Waals surface area contributed by atoms with Gasteiger partial charge in [0.1, 0.15) is 16.7 Å². The Hall–Kier alpha value is -1.51. The molecular formula is C11H10ClN3OS. The van der Waals surface area contributed by atoms with E-state index in [-0.39, 0.29) is 11.2 Å². The lowest BCUT2D eigenvalue weighted by Gasteiger charge is -2.10. The summed E-state index contributed by atoms with van der Waals surface area (Å²) in [5, 5.41) is 12.9. The number of thiazole rings is 1. The van der Waals surface area contributed by atoms with Crippen LogP contribution in [-0.2, 0) is 6.42 Å². The summed E-state index contributed by atoms with van der Waals surface area (Å²) < 4.78 is 5.26. The van der Waals surface area contributed by atoms with Crippen molar-refractivity contribution in [2.24, 2.45) is 0 Å². The third-order valence-electron chi connectivity index (χ3n) is 2.14. The quantitative estimate of drug-likeness (QED) is 0.923. The molecule has 17 heavy (non-hydrogen) atoms. The van der Waals surface area contributed by atoms with Crippen molar-refractivity contribution < 1.29 is 4.42 Å². The lowest BCUT2D eigenvalue weighted by Crippen LogP contribution is -2.17. The fourth-order valence-electron chi connectivity index (χ4n) is 1.42. The first kappa shape index (κ1) is 12.0. The minimum atomic E-state index is 0.162. The molecule has 0 saturated carbocycles. The van der Waals surface area contributed by atoms with Gasteiger partial charge in [0.05, 0.1) is 6.26 Å². The second kappa shape index (κ2) is 5.21. The summed E-state index contributed by atoms with van der Waals surface area (Å²) in [6, 6.07) is 5.94. The minimum absolute atomic E-state index is 0.162. The number of halogens is 1. The van der Waals surface area contributed by atoms with E-state index in [1.54, 1.807) is 6.26 Å². The van der Waals surface area contributed by atoms with Crippen molar-refractivity contribution in [3.8, 4) is 6.07 Å². The Morgan fingerprint density at radius 2 is 2.53 bits per heavy atom. The molecule has 4 nitrogen and oxygen atoms in total. The molecule has 0 fully saturated rings. The van der Waals surface area contributed by atoms with Gasteiger partial charge in [-0.2, -0.15) is 5.26 Å². The molecule has 2 aromatic heterocycles. The number of aromatic nitrogens is 1. The van der Waals surface area contributed by atoms with Crippen molar-refractivity contribution in [2.75, 3.05) is 5.32 Å². The monoisotopic (exact) mass is 267 g/mol. The molecule has 1 N–H and O–H groups in total. The van der Waals surface area contributed by atoms with Gasteiger partial charge in [-0.1, -0.05) is 22.9 Å². The van der Waals surface area contributed by atoms with Crippen molar-refractivity contribution >= 4 is 28.1 Å². The van der Waals surface area contributed by atoms with Crippen molar-refractivity contribution in [3.63, 3.8) is 0 Å². The van der Waals surface area contributed by atoms with E-state index in [4.69, 9.17) is 21.3 Å². The molecular weight excluding hydrogens is 258 g/mol. The number of nitrogens with zero attached hydrogens (tertiary/aromatic N) is 2. The van der Waals surface area contributed by atoms with E-state index in [0.29, 0.717) is 10.0 Å². The van der Waals surface area contributed by atoms with Gasteiger partial charge in [-0.25, -0.2) is 4.98 Å². The Morgan fingerprint density at radius 3 is 3.12 bits per heavy atom. The zero-order valence-electron chi connectivity index (χ0n) is 9.11. The maximum atomic E-state index is 8.77. The first-order valence-electron chi connectivity index (χ1n) is 5.04. The molecule has 2 aromatic rings. The standard InChI is InChI=1S/C11H10ClN3OS/c1-7(5-8-3-2-4-16-8)14-11-15-10(12)9(6-13)17-11/h2-4,7H,5H2,1H3,(H,14,15). The number of nitrogens with one attached hydrogen (secondary N) is 1. The highest BCUT2D eigenvalue weighted by atomic mass is 35.5. The van der Waals surface area contributed by atoms with Gasteiger partial charge >= 0.3 is 0 Å². The highest BCUT2D eigenvalue weighted by Crippen LogP contribution is 2.26. The van der Waals surface area contributed by atoms with Crippen molar-refractivity contribution in [1.82, 2.24) is 4.98 Å². The normalized spacial score (nSPS) is 12.1. The van der Waals surface area contributed by atoms with Crippen LogP contribution in [0.15, 0.2) is 22.8 Å². The molecule has 1 unspecified atom stereocenters. The van der Waals surface area contributed by atoms with E-state index in [1.807, 2.05) is 25.1 Å². The van der Waals surface area contributed by atoms with E-state index in [1.165, 1.54) is 11.3 Å². The minimum Gasteiger partial charge on any atom is -0.469 e. The highest BCUT2D eigenvalue weighted by molar-refractivity contribution is 7.16. The zero-order chi connectivity index (χ0) is 12.3. The van der Waals surface area contributed by atoms with E-state index in [2.05, 4.69) is 10.3 Å². The summed E-state index contributed by atoms with van der Waals surface area (Å²) in [6.07, 6.45) is 2.40. The van der Waals surface area contributed by atoms with Crippen LogP contribution in [0, 0.1) is 11.3 Å². The van der Waals surface area contributed by atoms with E-state index >= 15 is 0 Å². The molecule has 0 amide bonds. The maximum Gasteiger partial charge on any atom is 0.185 e. The molecule has 6 heteroatoms. The molecule has 2 heterocycles. The molecule has 2 rings (SSSR count). The average molecular weight is 268 g/mol. The topological polar surface area (TPSA) is 61.9 Å². The van der Waals surface area contributed by atoms with Crippen LogP contribution >= 0.6 is 22.9 Å². The van der Waals surface area contributed by atoms with Crippen LogP contribution in [0.3, 0.4) is 0 Å². The van der Waals surface area contributed by atoms with Crippen molar-refractivity contribution in [2.45, 2.75) is 19.4 Å². The average Bonchev–Trinajstić information content (AvgIpc) is 2.88. The molecule has 88 valence electrons. The molecule has 0 aliphatic carbocycles. The first-order chi connectivity index (χ1) is 8.19. The van der Waals surface area contributed by atoms with Gasteiger partial charge in [0, 0.05) is 12.5 Å². The van der Waals surface area contributed by atoms with Crippen molar-refractivity contribution in [3.05, 3.63) is 34.2 Å². The number of hydrogen-bond donors (Lipinski definition) is 1. The summed E-state index contributed by atoms with van der Waals surface area (Å²) in [5.74, 6) is 0.910. The predicted octanol–water partition coefficient (Wildman–Crippen LogP) is 3.30. The van der Waals surface area contributed by atoms with Crippen LogP contribution in [0.2, 0.25) is 5.15 Å². The van der Waals surface area contributed by atoms with E-state index in [0.717, 1.165) is 12.2 Å². The van der Waals surface area contributed by atoms with Gasteiger partial charge in [0.25, 0.3) is 0 Å². The Labute approximate surface area is 108 Å². The molecule has 1 atom stereocenters. The third kappa shape index (κ3) is 2.99. The smallest absolute Gasteiger partial charge is 0.185 e. The van der Waals surface area contributed by atoms with E-state index in [9.17, 15) is 0 Å². The zero-order valence-corrected chi connectivity index (χ0v) is 10.7. The largest absolute Gasteiger partial charge is 0.469 e. The number of anilines is 1. The summed E-state index contributed by atoms with van der Waals surface area (Å²) in [4.78, 5) is 4.50. The Balaban J connectivity index is 1.98. The molecule has 0 radical (unpaired) electrons. The van der Waals surface area contributed by atoms with Crippen LogP contribution in [0.25, 0.3) is 0 Å². The Morgan fingerprint density at radius 1 is 1.71 bits per heavy atom. The first-order valence-corrected chi connectivity index (χ1v) is 6.24. The summed E-state index contributed by atoms with van der Waals surface area (Å²) >= 11 is 7.04. The number of nitriles is 1. The third-order valence-corrected chi connectivity index (χ3v) is 3.42. The number of furan rings is 1. The van der Waals surface area contributed by atoms with Gasteiger partial charge in [-0.15, -0.1) is 0 Å². The fourth-order valence-corrected chi connectivity index (χ4v) is 2.48. The summed E-state index contributed by atoms with van der Waals surface area (Å²) in [6.45, 7) is 2.02. The molecule has 0 bridgehead atoms. The molecule has 0 aromatic carbocycles. The second-order valence-electron chi connectivity index (χ2n) is 3.58. The van der Waals surface area contributed by atoms with Crippen LogP contribution in [0.5, 0.6) is 0 Å². The highest BCUT2D eigenvalue weighted by Gasteiger charge is 2.11. The van der Waals surface area contributed by atoms with Gasteiger partial charge in [-0.05, 0) is 19.1 Å². The number of rotatable bonds is 4. The lowest BCUT2D eigenvalue weighted by atomic mass is 10.2. The molecule has 0 aliphatic heterocycles. The Bertz CT molecular complexity index is 529. The van der Waals surface area contributed by atoms with Crippen LogP contribution in [0.1, 0.15) is 17.6 Å². The van der Waals surface area contributed by atoms with Crippen LogP contribution < -0.4 is 5.32 Å². The molecule has 0 saturated heterocycles. The predicted molar refractivity (Wildman–Crippen MR) is 67.3 cm³/mol. The lowest BCUT2D eigenvalue weighted by molar-refractivity contribution is 0.498. The van der Waals surface area contributed by atoms with Gasteiger partial charge in [-0.3, -0.25) is 0 Å².